The fourth-order valence-corrected chi connectivity index (χ4v) is 4.61. The Bertz CT molecular complexity index is 1480. The van der Waals surface area contributed by atoms with Gasteiger partial charge in [0.2, 0.25) is 0 Å². The van der Waals surface area contributed by atoms with Gasteiger partial charge in [-0.2, -0.15) is 0 Å². The number of aromatic carboxylic acids is 1. The van der Waals surface area contributed by atoms with Crippen molar-refractivity contribution in [2.24, 2.45) is 4.99 Å². The van der Waals surface area contributed by atoms with Crippen LogP contribution in [0.2, 0.25) is 5.02 Å². The minimum absolute atomic E-state index is 0.168. The van der Waals surface area contributed by atoms with Gasteiger partial charge in [-0.3, -0.25) is 9.69 Å². The monoisotopic (exact) mass is 500 g/mol. The van der Waals surface area contributed by atoms with Crippen LogP contribution in [0.1, 0.15) is 16.1 Å². The Morgan fingerprint density at radius 3 is 2.49 bits per heavy atom. The third-order valence-electron chi connectivity index (χ3n) is 5.17. The normalized spacial score (nSPS) is 15.8. The van der Waals surface area contributed by atoms with Gasteiger partial charge >= 0.3 is 5.97 Å². The van der Waals surface area contributed by atoms with Gasteiger partial charge in [0.05, 0.1) is 21.8 Å². The van der Waals surface area contributed by atoms with Gasteiger partial charge in [-0.25, -0.2) is 9.79 Å². The molecule has 5 rings (SSSR count). The smallest absolute Gasteiger partial charge is 0.335 e. The summed E-state index contributed by atoms with van der Waals surface area (Å²) in [5.41, 5.74) is 2.18. The van der Waals surface area contributed by atoms with Crippen LogP contribution >= 0.6 is 23.4 Å². The number of nitrogens with zero attached hydrogens (tertiary/aromatic N) is 2. The van der Waals surface area contributed by atoms with Crippen LogP contribution in [0.4, 0.5) is 11.4 Å². The highest BCUT2D eigenvalue weighted by Crippen LogP contribution is 2.38. The highest BCUT2D eigenvalue weighted by Gasteiger charge is 2.35. The lowest BCUT2D eigenvalue weighted by Crippen LogP contribution is -2.28. The Hall–Kier alpha value is -4.07. The molecule has 0 radical (unpaired) electrons. The summed E-state index contributed by atoms with van der Waals surface area (Å²) in [6.45, 7) is 0. The average Bonchev–Trinajstić information content (AvgIpc) is 3.46. The lowest BCUT2D eigenvalue weighted by atomic mass is 10.1. The molecule has 1 aromatic heterocycles. The lowest BCUT2D eigenvalue weighted by molar-refractivity contribution is -0.113. The number of para-hydroxylation sites is 1. The molecule has 6 nitrogen and oxygen atoms in total. The van der Waals surface area contributed by atoms with E-state index >= 15 is 0 Å². The van der Waals surface area contributed by atoms with Crippen LogP contribution in [0, 0.1) is 0 Å². The first-order chi connectivity index (χ1) is 17.0. The average molecular weight is 501 g/mol. The van der Waals surface area contributed by atoms with E-state index in [4.69, 9.17) is 16.0 Å². The molecule has 1 N–H and O–H groups in total. The number of hydrogen-bond acceptors (Lipinski definition) is 5. The fraction of sp³-hybridized carbons (Fsp3) is 0. The summed E-state index contributed by atoms with van der Waals surface area (Å²) in [5.74, 6) is -0.260. The third kappa shape index (κ3) is 4.91. The van der Waals surface area contributed by atoms with E-state index in [1.54, 1.807) is 65.6 Å². The molecule has 8 heteroatoms. The number of carbonyl (C=O) groups is 2. The van der Waals surface area contributed by atoms with Gasteiger partial charge in [0.1, 0.15) is 11.5 Å². The molecule has 3 aromatic carbocycles. The van der Waals surface area contributed by atoms with E-state index in [0.717, 1.165) is 0 Å². The Balaban J connectivity index is 1.49. The van der Waals surface area contributed by atoms with Gasteiger partial charge in [0.15, 0.2) is 5.17 Å². The summed E-state index contributed by atoms with van der Waals surface area (Å²) in [4.78, 5) is 31.4. The molecule has 0 atom stereocenters. The summed E-state index contributed by atoms with van der Waals surface area (Å²) >= 11 is 7.24. The standard InChI is InChI=1S/C27H17ClN2O4S/c28-19-9-11-20(12-10-19)29-27-30(21-7-2-1-3-8-21)25(31)24(35-27)16-22-13-14-23(34-22)17-5-4-6-18(15-17)26(32)33/h1-16H,(H,32,33)/b24-16-,29-27?. The van der Waals surface area contributed by atoms with E-state index in [1.165, 1.54) is 17.8 Å². The summed E-state index contributed by atoms with van der Waals surface area (Å²) < 4.78 is 5.91. The molecule has 0 spiro atoms. The van der Waals surface area contributed by atoms with Crippen LogP contribution in [-0.4, -0.2) is 22.2 Å². The minimum atomic E-state index is -1.01. The van der Waals surface area contributed by atoms with E-state index in [1.807, 2.05) is 30.3 Å². The number of rotatable bonds is 5. The Labute approximate surface area is 210 Å². The number of amidine groups is 1. The first-order valence-corrected chi connectivity index (χ1v) is 11.7. The summed E-state index contributed by atoms with van der Waals surface area (Å²) in [5, 5.41) is 10.4. The van der Waals surface area contributed by atoms with E-state index in [0.29, 0.717) is 43.6 Å². The molecule has 1 aliphatic heterocycles. The second kappa shape index (κ2) is 9.66. The van der Waals surface area contributed by atoms with Crippen molar-refractivity contribution in [3.05, 3.63) is 112 Å². The molecular formula is C27H17ClN2O4S. The summed E-state index contributed by atoms with van der Waals surface area (Å²) in [6, 6.07) is 26.3. The second-order valence-corrected chi connectivity index (χ2v) is 8.99. The SMILES string of the molecule is O=C(O)c1cccc(-c2ccc(/C=C3\SC(=Nc4ccc(Cl)cc4)N(c4ccccc4)C3=O)o2)c1. The molecule has 4 aromatic rings. The van der Waals surface area contributed by atoms with Crippen molar-refractivity contribution in [3.63, 3.8) is 0 Å². The van der Waals surface area contributed by atoms with Gasteiger partial charge in [-0.1, -0.05) is 41.9 Å². The Morgan fingerprint density at radius 2 is 1.74 bits per heavy atom. The minimum Gasteiger partial charge on any atom is -0.478 e. The molecule has 172 valence electrons. The van der Waals surface area contributed by atoms with Gasteiger partial charge in [0.25, 0.3) is 5.91 Å². The highest BCUT2D eigenvalue weighted by molar-refractivity contribution is 8.19. The van der Waals surface area contributed by atoms with Crippen LogP contribution in [0.25, 0.3) is 17.4 Å². The van der Waals surface area contributed by atoms with E-state index in [9.17, 15) is 14.7 Å². The first-order valence-electron chi connectivity index (χ1n) is 10.5. The quantitative estimate of drug-likeness (QED) is 0.295. The number of amides is 1. The number of hydrogen-bond donors (Lipinski definition) is 1. The van der Waals surface area contributed by atoms with Crippen molar-refractivity contribution in [2.75, 3.05) is 4.90 Å². The molecule has 1 aliphatic rings. The van der Waals surface area contributed by atoms with Gasteiger partial charge < -0.3 is 9.52 Å². The summed E-state index contributed by atoms with van der Waals surface area (Å²) in [7, 11) is 0. The zero-order valence-corrected chi connectivity index (χ0v) is 19.7. The van der Waals surface area contributed by atoms with Crippen molar-refractivity contribution in [3.8, 4) is 11.3 Å². The Kier molecular flexibility index (Phi) is 6.27. The van der Waals surface area contributed by atoms with Crippen LogP contribution in [0.15, 0.2) is 105 Å². The molecule has 0 aliphatic carbocycles. The number of furan rings is 1. The van der Waals surface area contributed by atoms with Crippen LogP contribution in [0.5, 0.6) is 0 Å². The van der Waals surface area contributed by atoms with E-state index < -0.39 is 5.97 Å². The van der Waals surface area contributed by atoms with Gasteiger partial charge in [0, 0.05) is 16.7 Å². The largest absolute Gasteiger partial charge is 0.478 e. The maximum Gasteiger partial charge on any atom is 0.335 e. The highest BCUT2D eigenvalue weighted by atomic mass is 35.5. The number of carbonyl (C=O) groups excluding carboxylic acids is 1. The van der Waals surface area contributed by atoms with Crippen molar-refractivity contribution in [1.82, 2.24) is 0 Å². The summed E-state index contributed by atoms with van der Waals surface area (Å²) in [6.07, 6.45) is 1.66. The van der Waals surface area contributed by atoms with Crippen LogP contribution < -0.4 is 4.90 Å². The second-order valence-electron chi connectivity index (χ2n) is 7.55. The van der Waals surface area contributed by atoms with Gasteiger partial charge in [-0.15, -0.1) is 0 Å². The third-order valence-corrected chi connectivity index (χ3v) is 6.39. The number of benzene rings is 3. The molecular weight excluding hydrogens is 484 g/mol. The molecule has 2 heterocycles. The molecule has 35 heavy (non-hydrogen) atoms. The maximum absolute atomic E-state index is 13.4. The lowest BCUT2D eigenvalue weighted by Gasteiger charge is -2.15. The molecule has 1 fully saturated rings. The van der Waals surface area contributed by atoms with E-state index in [2.05, 4.69) is 4.99 Å². The topological polar surface area (TPSA) is 83.1 Å². The number of carboxylic acid groups (broad SMARTS) is 1. The zero-order chi connectivity index (χ0) is 24.4. The molecule has 1 amide bonds. The predicted octanol–water partition coefficient (Wildman–Crippen LogP) is 7.11. The zero-order valence-electron chi connectivity index (χ0n) is 18.1. The van der Waals surface area contributed by atoms with Crippen molar-refractivity contribution >= 4 is 57.9 Å². The first kappa shape index (κ1) is 22.7. The number of thioether (sulfide) groups is 1. The number of carboxylic acids is 1. The molecule has 0 bridgehead atoms. The van der Waals surface area contributed by atoms with Crippen molar-refractivity contribution < 1.29 is 19.1 Å². The van der Waals surface area contributed by atoms with Gasteiger partial charge in [-0.05, 0) is 72.4 Å². The molecule has 0 saturated carbocycles. The van der Waals surface area contributed by atoms with Crippen LogP contribution in [-0.2, 0) is 4.79 Å². The predicted molar refractivity (Wildman–Crippen MR) is 139 cm³/mol. The number of anilines is 1. The number of halogens is 1. The van der Waals surface area contributed by atoms with Crippen molar-refractivity contribution in [2.45, 2.75) is 0 Å². The Morgan fingerprint density at radius 1 is 0.971 bits per heavy atom. The molecule has 0 unspecified atom stereocenters. The molecule has 1 saturated heterocycles. The van der Waals surface area contributed by atoms with Crippen LogP contribution in [0.3, 0.4) is 0 Å². The fourth-order valence-electron chi connectivity index (χ4n) is 3.50. The van der Waals surface area contributed by atoms with Crippen molar-refractivity contribution in [1.29, 1.82) is 0 Å². The number of aliphatic imine (C=N–C) groups is 1. The maximum atomic E-state index is 13.4. The van der Waals surface area contributed by atoms with E-state index in [-0.39, 0.29) is 11.5 Å².